The zero-order chi connectivity index (χ0) is 30.1. The third kappa shape index (κ3) is 11.2. The summed E-state index contributed by atoms with van der Waals surface area (Å²) in [6.45, 7) is 8.23. The Morgan fingerprint density at radius 2 is 1.00 bits per heavy atom. The van der Waals surface area contributed by atoms with Crippen LogP contribution in [0.5, 0.6) is 23.0 Å². The van der Waals surface area contributed by atoms with Gasteiger partial charge in [0.25, 0.3) is 0 Å². The summed E-state index contributed by atoms with van der Waals surface area (Å²) >= 11 is 0. The molecule has 0 aromatic heterocycles. The van der Waals surface area contributed by atoms with Crippen molar-refractivity contribution in [3.63, 3.8) is 0 Å². The monoisotopic (exact) mass is 576 g/mol. The van der Waals surface area contributed by atoms with E-state index in [-0.39, 0.29) is 5.78 Å². The van der Waals surface area contributed by atoms with E-state index in [2.05, 4.69) is 6.58 Å². The Kier molecular flexibility index (Phi) is 12.5. The van der Waals surface area contributed by atoms with Crippen LogP contribution < -0.4 is 18.9 Å². The van der Waals surface area contributed by atoms with E-state index in [1.54, 1.807) is 12.2 Å². The Bertz CT molecular complexity index is 1420. The average molecular weight is 577 g/mol. The molecule has 0 bridgehead atoms. The molecule has 0 N–H and O–H groups in total. The van der Waals surface area contributed by atoms with Crippen LogP contribution in [0.15, 0.2) is 116 Å². The summed E-state index contributed by atoms with van der Waals surface area (Å²) in [6, 6.07) is 32.6. The minimum atomic E-state index is -0.0207. The zero-order valence-corrected chi connectivity index (χ0v) is 24.9. The average Bonchev–Trinajstić information content (AvgIpc) is 3.05. The minimum Gasteiger partial charge on any atom is -0.494 e. The van der Waals surface area contributed by atoms with Crippen LogP contribution >= 0.6 is 0 Å². The van der Waals surface area contributed by atoms with Gasteiger partial charge in [0, 0.05) is 5.56 Å². The first kappa shape index (κ1) is 31.2. The Morgan fingerprint density at radius 3 is 1.49 bits per heavy atom. The second-order valence-corrected chi connectivity index (χ2v) is 10.2. The summed E-state index contributed by atoms with van der Waals surface area (Å²) in [7, 11) is 0. The van der Waals surface area contributed by atoms with E-state index < -0.39 is 0 Å². The van der Waals surface area contributed by atoms with Gasteiger partial charge in [-0.05, 0) is 98.3 Å². The van der Waals surface area contributed by atoms with Gasteiger partial charge in [-0.2, -0.15) is 0 Å². The van der Waals surface area contributed by atoms with Crippen LogP contribution in [0, 0.1) is 0 Å². The summed E-state index contributed by atoms with van der Waals surface area (Å²) < 4.78 is 23.3. The molecule has 0 fully saturated rings. The van der Waals surface area contributed by atoms with Gasteiger partial charge in [0.1, 0.15) is 36.2 Å². The molecule has 0 amide bonds. The largest absolute Gasteiger partial charge is 0.494 e. The smallest absolute Gasteiger partial charge is 0.185 e. The number of rotatable bonds is 18. The first-order chi connectivity index (χ1) is 21.1. The summed E-state index contributed by atoms with van der Waals surface area (Å²) in [4.78, 5) is 12.2. The van der Waals surface area contributed by atoms with Gasteiger partial charge in [0.2, 0.25) is 0 Å². The Hall–Kier alpha value is -4.77. The highest BCUT2D eigenvalue weighted by Crippen LogP contribution is 2.20. The second-order valence-electron chi connectivity index (χ2n) is 10.2. The highest BCUT2D eigenvalue weighted by atomic mass is 16.5. The van der Waals surface area contributed by atoms with E-state index >= 15 is 0 Å². The van der Waals surface area contributed by atoms with Gasteiger partial charge in [-0.15, -0.1) is 0 Å². The molecule has 0 saturated carbocycles. The normalized spacial score (nSPS) is 10.8. The van der Waals surface area contributed by atoms with Crippen molar-refractivity contribution in [3.8, 4) is 23.0 Å². The lowest BCUT2D eigenvalue weighted by molar-refractivity contribution is 0.104. The van der Waals surface area contributed by atoms with Crippen molar-refractivity contribution < 1.29 is 23.7 Å². The standard InChI is InChI=1S/C38H40O5/c1-30(2)32-15-19-35(20-16-32)40-26-8-3-4-9-27-41-36-21-23-37(24-22-36)43-29-28-42-34-17-12-31(13-18-34)14-25-38(39)33-10-6-5-7-11-33/h5-7,10-25H,1,3-4,8-9,26-29H2,2H3/b25-14+. The zero-order valence-electron chi connectivity index (χ0n) is 24.9. The molecule has 0 unspecified atom stereocenters. The molecule has 0 atom stereocenters. The molecule has 4 aromatic carbocycles. The highest BCUT2D eigenvalue weighted by molar-refractivity contribution is 6.06. The molecule has 0 saturated heterocycles. The maximum absolute atomic E-state index is 12.2. The van der Waals surface area contributed by atoms with Crippen molar-refractivity contribution in [2.75, 3.05) is 26.4 Å². The van der Waals surface area contributed by atoms with Gasteiger partial charge in [-0.3, -0.25) is 4.79 Å². The number of carbonyl (C=O) groups is 1. The van der Waals surface area contributed by atoms with Gasteiger partial charge in [0.05, 0.1) is 13.2 Å². The van der Waals surface area contributed by atoms with Crippen LogP contribution in [-0.4, -0.2) is 32.2 Å². The summed E-state index contributed by atoms with van der Waals surface area (Å²) in [5, 5.41) is 0. The Morgan fingerprint density at radius 1 is 0.558 bits per heavy atom. The number of carbonyl (C=O) groups excluding carboxylic acids is 1. The lowest BCUT2D eigenvalue weighted by Crippen LogP contribution is -2.09. The molecule has 5 nitrogen and oxygen atoms in total. The number of unbranched alkanes of at least 4 members (excludes halogenated alkanes) is 3. The summed E-state index contributed by atoms with van der Waals surface area (Å²) in [6.07, 6.45) is 7.63. The summed E-state index contributed by atoms with van der Waals surface area (Å²) in [5.74, 6) is 3.24. The second kappa shape index (κ2) is 17.2. The van der Waals surface area contributed by atoms with Crippen LogP contribution in [0.25, 0.3) is 11.6 Å². The van der Waals surface area contributed by atoms with Gasteiger partial charge >= 0.3 is 0 Å². The van der Waals surface area contributed by atoms with E-state index in [1.165, 1.54) is 0 Å². The van der Waals surface area contributed by atoms with Crippen molar-refractivity contribution in [1.29, 1.82) is 0 Å². The Balaban J connectivity index is 1.03. The number of benzene rings is 4. The van der Waals surface area contributed by atoms with Gasteiger partial charge in [-0.25, -0.2) is 0 Å². The number of ketones is 1. The predicted octanol–water partition coefficient (Wildman–Crippen LogP) is 9.09. The van der Waals surface area contributed by atoms with Crippen molar-refractivity contribution in [1.82, 2.24) is 0 Å². The number of ether oxygens (including phenoxy) is 4. The Labute approximate surface area is 255 Å². The van der Waals surface area contributed by atoms with E-state index in [9.17, 15) is 4.79 Å². The fourth-order valence-corrected chi connectivity index (χ4v) is 4.27. The molecular weight excluding hydrogens is 536 g/mol. The molecular formula is C38H40O5. The van der Waals surface area contributed by atoms with Gasteiger partial charge < -0.3 is 18.9 Å². The minimum absolute atomic E-state index is 0.0207. The van der Waals surface area contributed by atoms with E-state index in [0.717, 1.165) is 72.0 Å². The first-order valence-corrected chi connectivity index (χ1v) is 14.8. The molecule has 0 aliphatic carbocycles. The highest BCUT2D eigenvalue weighted by Gasteiger charge is 2.02. The van der Waals surface area contributed by atoms with Crippen molar-refractivity contribution >= 4 is 17.4 Å². The van der Waals surface area contributed by atoms with Crippen LogP contribution in [0.4, 0.5) is 0 Å². The lowest BCUT2D eigenvalue weighted by Gasteiger charge is -2.10. The van der Waals surface area contributed by atoms with Gasteiger partial charge in [-0.1, -0.05) is 72.8 Å². The summed E-state index contributed by atoms with van der Waals surface area (Å²) in [5.41, 5.74) is 3.81. The number of hydrogen-bond acceptors (Lipinski definition) is 5. The first-order valence-electron chi connectivity index (χ1n) is 14.8. The van der Waals surface area contributed by atoms with Crippen molar-refractivity contribution in [3.05, 3.63) is 132 Å². The number of allylic oxidation sites excluding steroid dienone is 2. The maximum atomic E-state index is 12.2. The topological polar surface area (TPSA) is 54.0 Å². The maximum Gasteiger partial charge on any atom is 0.185 e. The van der Waals surface area contributed by atoms with E-state index in [0.29, 0.717) is 25.4 Å². The molecule has 4 rings (SSSR count). The molecule has 0 aliphatic rings. The van der Waals surface area contributed by atoms with Gasteiger partial charge in [0.15, 0.2) is 5.78 Å². The van der Waals surface area contributed by atoms with Crippen LogP contribution in [-0.2, 0) is 0 Å². The fraction of sp³-hybridized carbons (Fsp3) is 0.237. The SMILES string of the molecule is C=C(C)c1ccc(OCCCCCCOc2ccc(OCCOc3ccc(/C=C/C(=O)c4ccccc4)cc3)cc2)cc1. The van der Waals surface area contributed by atoms with Crippen molar-refractivity contribution in [2.24, 2.45) is 0 Å². The molecule has 0 heterocycles. The fourth-order valence-electron chi connectivity index (χ4n) is 4.27. The van der Waals surface area contributed by atoms with Crippen LogP contribution in [0.2, 0.25) is 0 Å². The van der Waals surface area contributed by atoms with Crippen LogP contribution in [0.3, 0.4) is 0 Å². The molecule has 0 spiro atoms. The molecule has 4 aromatic rings. The predicted molar refractivity (Wildman–Crippen MR) is 174 cm³/mol. The molecule has 5 heteroatoms. The van der Waals surface area contributed by atoms with Crippen molar-refractivity contribution in [2.45, 2.75) is 32.6 Å². The molecule has 43 heavy (non-hydrogen) atoms. The van der Waals surface area contributed by atoms with Crippen LogP contribution in [0.1, 0.15) is 54.1 Å². The molecule has 0 aliphatic heterocycles. The third-order valence-corrected chi connectivity index (χ3v) is 6.73. The molecule has 0 radical (unpaired) electrons. The number of hydrogen-bond donors (Lipinski definition) is 0. The lowest BCUT2D eigenvalue weighted by atomic mass is 10.1. The molecule has 222 valence electrons. The quantitative estimate of drug-likeness (QED) is 0.0672. The third-order valence-electron chi connectivity index (χ3n) is 6.73. The van der Waals surface area contributed by atoms with E-state index in [1.807, 2.05) is 110 Å². The van der Waals surface area contributed by atoms with E-state index in [4.69, 9.17) is 18.9 Å².